The molecule has 1 nitrogen and oxygen atoms in total. The molecular weight excluding hydrogens is 529 g/mol. The summed E-state index contributed by atoms with van der Waals surface area (Å²) < 4.78 is 9.19. The van der Waals surface area contributed by atoms with Gasteiger partial charge in [0.25, 0.3) is 0 Å². The molecule has 0 bridgehead atoms. The van der Waals surface area contributed by atoms with Gasteiger partial charge in [-0.1, -0.05) is 154 Å². The molecule has 2 heterocycles. The fraction of sp³-hybridized carbons (Fsp3) is 0.650. The minimum Gasteiger partial charge on any atom is -0.454 e. The number of hydrogen-bond acceptors (Lipinski definition) is 2. The van der Waals surface area contributed by atoms with Gasteiger partial charge in [0.2, 0.25) is 0 Å². The van der Waals surface area contributed by atoms with Crippen molar-refractivity contribution >= 4 is 42.7 Å². The molecule has 2 aromatic carbocycles. The van der Waals surface area contributed by atoms with E-state index in [1.807, 2.05) is 11.3 Å². The van der Waals surface area contributed by atoms with Crippen LogP contribution in [0.15, 0.2) is 40.8 Å². The van der Waals surface area contributed by atoms with Crippen LogP contribution in [0.5, 0.6) is 0 Å². The van der Waals surface area contributed by atoms with E-state index in [9.17, 15) is 0 Å². The van der Waals surface area contributed by atoms with Crippen LogP contribution in [0.4, 0.5) is 0 Å². The van der Waals surface area contributed by atoms with E-state index in [0.717, 1.165) is 11.2 Å². The van der Waals surface area contributed by atoms with E-state index in [2.05, 4.69) is 50.2 Å². The molecule has 42 heavy (non-hydrogen) atoms. The Kier molecular flexibility index (Phi) is 15.3. The third kappa shape index (κ3) is 10.7. The Morgan fingerprint density at radius 3 is 1.40 bits per heavy atom. The lowest BCUT2D eigenvalue weighted by atomic mass is 10.0. The van der Waals surface area contributed by atoms with Crippen LogP contribution in [0, 0.1) is 0 Å². The van der Waals surface area contributed by atoms with Crippen LogP contribution < -0.4 is 0 Å². The van der Waals surface area contributed by atoms with E-state index in [0.29, 0.717) is 0 Å². The molecule has 0 fully saturated rings. The van der Waals surface area contributed by atoms with Crippen molar-refractivity contribution in [3.8, 4) is 0 Å². The van der Waals surface area contributed by atoms with Gasteiger partial charge in [0, 0.05) is 15.5 Å². The van der Waals surface area contributed by atoms with Crippen molar-refractivity contribution in [3.63, 3.8) is 0 Å². The highest BCUT2D eigenvalue weighted by Crippen LogP contribution is 2.41. The van der Waals surface area contributed by atoms with E-state index in [1.165, 1.54) is 185 Å². The molecule has 0 spiro atoms. The van der Waals surface area contributed by atoms with E-state index in [-0.39, 0.29) is 0 Å². The second-order valence-corrected chi connectivity index (χ2v) is 14.1. The van der Waals surface area contributed by atoms with Crippen LogP contribution >= 0.6 is 11.3 Å². The summed E-state index contributed by atoms with van der Waals surface area (Å²) in [6, 6.07) is 14.1. The number of thiophene rings is 1. The monoisotopic (exact) mass is 588 g/mol. The van der Waals surface area contributed by atoms with Crippen molar-refractivity contribution in [2.75, 3.05) is 0 Å². The summed E-state index contributed by atoms with van der Waals surface area (Å²) in [5.74, 6) is 0. The van der Waals surface area contributed by atoms with Crippen LogP contribution in [0.1, 0.15) is 166 Å². The summed E-state index contributed by atoms with van der Waals surface area (Å²) in [5.41, 5.74) is 5.08. The summed E-state index contributed by atoms with van der Waals surface area (Å²) in [6.45, 7) is 4.60. The molecule has 0 aliphatic rings. The maximum absolute atomic E-state index is 6.48. The second kappa shape index (κ2) is 19.5. The highest BCUT2D eigenvalue weighted by Gasteiger charge is 2.14. The first-order valence-corrected chi connectivity index (χ1v) is 19.0. The summed E-state index contributed by atoms with van der Waals surface area (Å²) in [5, 5.41) is 2.58. The van der Waals surface area contributed by atoms with Gasteiger partial charge in [-0.05, 0) is 61.1 Å². The summed E-state index contributed by atoms with van der Waals surface area (Å²) in [7, 11) is 0. The Morgan fingerprint density at radius 2 is 0.905 bits per heavy atom. The number of aryl methyl sites for hydroxylation is 2. The molecule has 0 radical (unpaired) electrons. The minimum atomic E-state index is 1.07. The van der Waals surface area contributed by atoms with E-state index in [1.54, 1.807) is 0 Å². The highest BCUT2D eigenvalue weighted by molar-refractivity contribution is 7.26. The van der Waals surface area contributed by atoms with Crippen molar-refractivity contribution in [1.29, 1.82) is 0 Å². The molecule has 2 aromatic heterocycles. The van der Waals surface area contributed by atoms with Crippen LogP contribution in [-0.2, 0) is 12.8 Å². The smallest absolute Gasteiger partial charge is 0.154 e. The number of rotatable bonds is 24. The highest BCUT2D eigenvalue weighted by atomic mass is 32.1. The van der Waals surface area contributed by atoms with Crippen molar-refractivity contribution in [2.45, 2.75) is 168 Å². The molecule has 0 aliphatic carbocycles. The van der Waals surface area contributed by atoms with Gasteiger partial charge < -0.3 is 4.42 Å². The van der Waals surface area contributed by atoms with Crippen LogP contribution in [0.3, 0.4) is 0 Å². The maximum Gasteiger partial charge on any atom is 0.154 e. The first-order valence-electron chi connectivity index (χ1n) is 18.2. The Bertz CT molecular complexity index is 1180. The predicted octanol–water partition coefficient (Wildman–Crippen LogP) is 14.5. The number of unbranched alkanes of at least 4 members (excludes halogenated alkanes) is 20. The number of fused-ring (bicyclic) bond motifs is 5. The maximum atomic E-state index is 6.48. The third-order valence-electron chi connectivity index (χ3n) is 9.35. The number of furan rings is 1. The lowest BCUT2D eigenvalue weighted by Gasteiger charge is -2.04. The second-order valence-electron chi connectivity index (χ2n) is 13.1. The average molecular weight is 589 g/mol. The fourth-order valence-electron chi connectivity index (χ4n) is 6.64. The lowest BCUT2D eigenvalue weighted by molar-refractivity contribution is 0.549. The van der Waals surface area contributed by atoms with E-state index >= 15 is 0 Å². The average Bonchev–Trinajstić information content (AvgIpc) is 3.53. The quantitative estimate of drug-likeness (QED) is 0.0742. The Hall–Kier alpha value is -1.80. The Morgan fingerprint density at radius 1 is 0.476 bits per heavy atom. The molecule has 0 aliphatic heterocycles. The third-order valence-corrected chi connectivity index (χ3v) is 10.5. The van der Waals surface area contributed by atoms with Crippen molar-refractivity contribution in [2.24, 2.45) is 0 Å². The zero-order valence-corrected chi connectivity index (χ0v) is 28.1. The largest absolute Gasteiger partial charge is 0.454 e. The van der Waals surface area contributed by atoms with Crippen LogP contribution in [0.2, 0.25) is 0 Å². The molecule has 4 aromatic rings. The van der Waals surface area contributed by atoms with Gasteiger partial charge in [-0.15, -0.1) is 11.3 Å². The summed E-state index contributed by atoms with van der Waals surface area (Å²) in [6.07, 6.45) is 33.2. The van der Waals surface area contributed by atoms with Gasteiger partial charge in [-0.3, -0.25) is 0 Å². The van der Waals surface area contributed by atoms with Gasteiger partial charge in [-0.25, -0.2) is 0 Å². The zero-order valence-electron chi connectivity index (χ0n) is 27.3. The van der Waals surface area contributed by atoms with Crippen molar-refractivity contribution < 1.29 is 4.42 Å². The normalized spacial score (nSPS) is 12.0. The molecule has 4 rings (SSSR count). The Balaban J connectivity index is 1.16. The predicted molar refractivity (Wildman–Crippen MR) is 189 cm³/mol. The number of hydrogen-bond donors (Lipinski definition) is 0. The van der Waals surface area contributed by atoms with Gasteiger partial charge in [0.15, 0.2) is 5.58 Å². The lowest BCUT2D eigenvalue weighted by Crippen LogP contribution is -1.87. The molecule has 2 heteroatoms. The van der Waals surface area contributed by atoms with Gasteiger partial charge in [0.1, 0.15) is 5.58 Å². The topological polar surface area (TPSA) is 13.1 Å². The zero-order chi connectivity index (χ0) is 29.2. The van der Waals surface area contributed by atoms with E-state index in [4.69, 9.17) is 4.42 Å². The molecule has 232 valence electrons. The van der Waals surface area contributed by atoms with Crippen molar-refractivity contribution in [3.05, 3.63) is 47.5 Å². The molecule has 0 unspecified atom stereocenters. The first-order chi connectivity index (χ1) is 20.8. The SMILES string of the molecule is CCCCCCCCCCCCCc1ccc2c(c1)oc1c3ccc(CCCCCCCCCCCCC)cc3sc21. The van der Waals surface area contributed by atoms with Crippen LogP contribution in [-0.4, -0.2) is 0 Å². The summed E-state index contributed by atoms with van der Waals surface area (Å²) in [4.78, 5) is 0. The first kappa shape index (κ1) is 33.1. The van der Waals surface area contributed by atoms with Crippen molar-refractivity contribution in [1.82, 2.24) is 0 Å². The summed E-state index contributed by atoms with van der Waals surface area (Å²) >= 11 is 1.92. The molecule has 0 saturated carbocycles. The van der Waals surface area contributed by atoms with Gasteiger partial charge in [0.05, 0.1) is 4.70 Å². The molecule has 0 atom stereocenters. The van der Waals surface area contributed by atoms with Gasteiger partial charge in [-0.2, -0.15) is 0 Å². The molecule has 0 saturated heterocycles. The fourth-order valence-corrected chi connectivity index (χ4v) is 7.87. The number of benzene rings is 2. The molecule has 0 N–H and O–H groups in total. The molecule has 0 amide bonds. The Labute approximate surface area is 261 Å². The standard InChI is InChI=1S/C40H60OS/c1-3-5-7-9-11-13-15-17-19-21-23-25-33-27-29-35-37(31-33)41-39-36-30-28-34(32-38(36)42-40(35)39)26-24-22-20-18-16-14-12-10-8-6-4-2/h27-32H,3-26H2,1-2H3. The van der Waals surface area contributed by atoms with Gasteiger partial charge >= 0.3 is 0 Å². The minimum absolute atomic E-state index is 1.07. The van der Waals surface area contributed by atoms with Crippen LogP contribution in [0.25, 0.3) is 31.3 Å². The van der Waals surface area contributed by atoms with E-state index < -0.39 is 0 Å². The molecular formula is C40H60OS.